The number of amides is 1. The molecule has 1 aromatic carbocycles. The van der Waals surface area contributed by atoms with Crippen LogP contribution >= 0.6 is 27.5 Å². The highest BCUT2D eigenvalue weighted by atomic mass is 79.9. The van der Waals surface area contributed by atoms with Crippen molar-refractivity contribution < 1.29 is 14.3 Å². The summed E-state index contributed by atoms with van der Waals surface area (Å²) < 4.78 is 5.70. The number of carbonyl (C=O) groups is 2. The third-order valence-electron chi connectivity index (χ3n) is 2.37. The van der Waals surface area contributed by atoms with E-state index in [0.717, 1.165) is 4.47 Å². The molecule has 5 nitrogen and oxygen atoms in total. The number of esters is 1. The van der Waals surface area contributed by atoms with Gasteiger partial charge in [-0.05, 0) is 30.3 Å². The smallest absolute Gasteiger partial charge is 0.357 e. The van der Waals surface area contributed by atoms with Crippen LogP contribution < -0.4 is 5.32 Å². The van der Waals surface area contributed by atoms with Crippen molar-refractivity contribution in [2.45, 2.75) is 0 Å². The molecule has 0 aliphatic heterocycles. The molecule has 21 heavy (non-hydrogen) atoms. The SMILES string of the molecule is O=C(COC(=O)c1cc(Cl)ccn1)Nc1cccc(Br)c1. The molecule has 7 heteroatoms. The first-order valence-corrected chi connectivity index (χ1v) is 7.06. The first-order chi connectivity index (χ1) is 10.0. The van der Waals surface area contributed by atoms with Gasteiger partial charge in [-0.2, -0.15) is 0 Å². The molecule has 0 aliphatic carbocycles. The van der Waals surface area contributed by atoms with Crippen LogP contribution in [0.4, 0.5) is 5.69 Å². The highest BCUT2D eigenvalue weighted by Crippen LogP contribution is 2.15. The number of halogens is 2. The van der Waals surface area contributed by atoms with Gasteiger partial charge in [-0.25, -0.2) is 9.78 Å². The lowest BCUT2D eigenvalue weighted by Gasteiger charge is -2.06. The lowest BCUT2D eigenvalue weighted by molar-refractivity contribution is -0.119. The highest BCUT2D eigenvalue weighted by molar-refractivity contribution is 9.10. The number of pyridine rings is 1. The molecule has 2 rings (SSSR count). The number of benzene rings is 1. The van der Waals surface area contributed by atoms with Crippen molar-refractivity contribution >= 4 is 45.1 Å². The van der Waals surface area contributed by atoms with Gasteiger partial charge in [0.05, 0.1) is 0 Å². The van der Waals surface area contributed by atoms with Crippen LogP contribution in [-0.4, -0.2) is 23.5 Å². The number of nitrogens with one attached hydrogen (secondary N) is 1. The molecule has 0 bridgehead atoms. The van der Waals surface area contributed by atoms with E-state index in [4.69, 9.17) is 16.3 Å². The van der Waals surface area contributed by atoms with Crippen molar-refractivity contribution in [3.8, 4) is 0 Å². The van der Waals surface area contributed by atoms with Gasteiger partial charge in [0.2, 0.25) is 0 Å². The Bertz CT molecular complexity index is 679. The van der Waals surface area contributed by atoms with Gasteiger partial charge in [0, 0.05) is 21.4 Å². The van der Waals surface area contributed by atoms with Crippen molar-refractivity contribution in [1.82, 2.24) is 4.98 Å². The number of hydrogen-bond acceptors (Lipinski definition) is 4. The quantitative estimate of drug-likeness (QED) is 0.840. The van der Waals surface area contributed by atoms with Gasteiger partial charge >= 0.3 is 5.97 Å². The Kier molecular flexibility index (Phi) is 5.30. The fourth-order valence-corrected chi connectivity index (χ4v) is 2.04. The van der Waals surface area contributed by atoms with E-state index in [2.05, 4.69) is 26.2 Å². The molecule has 1 amide bonds. The summed E-state index contributed by atoms with van der Waals surface area (Å²) in [7, 11) is 0. The summed E-state index contributed by atoms with van der Waals surface area (Å²) in [6.07, 6.45) is 1.39. The first-order valence-electron chi connectivity index (χ1n) is 5.89. The van der Waals surface area contributed by atoms with Gasteiger partial charge < -0.3 is 10.1 Å². The molecule has 1 heterocycles. The third-order valence-corrected chi connectivity index (χ3v) is 3.10. The Balaban J connectivity index is 1.88. The third kappa shape index (κ3) is 4.84. The summed E-state index contributed by atoms with van der Waals surface area (Å²) in [5.41, 5.74) is 0.657. The summed E-state index contributed by atoms with van der Waals surface area (Å²) >= 11 is 9.04. The van der Waals surface area contributed by atoms with E-state index in [1.54, 1.807) is 18.2 Å². The Hall–Kier alpha value is -1.92. The molecule has 0 atom stereocenters. The van der Waals surface area contributed by atoms with E-state index in [-0.39, 0.29) is 5.69 Å². The van der Waals surface area contributed by atoms with Gasteiger partial charge in [-0.15, -0.1) is 0 Å². The Morgan fingerprint density at radius 2 is 2.10 bits per heavy atom. The van der Waals surface area contributed by atoms with E-state index in [9.17, 15) is 9.59 Å². The normalized spacial score (nSPS) is 10.0. The standard InChI is InChI=1S/C14H10BrClN2O3/c15-9-2-1-3-11(6-9)18-13(19)8-21-14(20)12-7-10(16)4-5-17-12/h1-7H,8H2,(H,18,19). The highest BCUT2D eigenvalue weighted by Gasteiger charge is 2.12. The van der Waals surface area contributed by atoms with Crippen LogP contribution in [0.15, 0.2) is 47.1 Å². The number of carbonyl (C=O) groups excluding carboxylic acids is 2. The number of nitrogens with zero attached hydrogens (tertiary/aromatic N) is 1. The maximum atomic E-state index is 11.7. The number of hydrogen-bond donors (Lipinski definition) is 1. The number of rotatable bonds is 4. The second-order valence-corrected chi connectivity index (χ2v) is 5.35. The Morgan fingerprint density at radius 1 is 1.29 bits per heavy atom. The second-order valence-electron chi connectivity index (χ2n) is 3.99. The summed E-state index contributed by atoms with van der Waals surface area (Å²) in [5.74, 6) is -1.15. The van der Waals surface area contributed by atoms with Crippen molar-refractivity contribution in [3.05, 3.63) is 57.8 Å². The molecule has 0 aliphatic rings. The molecule has 0 fully saturated rings. The fourth-order valence-electron chi connectivity index (χ4n) is 1.48. The molecule has 108 valence electrons. The predicted molar refractivity (Wildman–Crippen MR) is 82.3 cm³/mol. The Morgan fingerprint density at radius 3 is 2.81 bits per heavy atom. The number of anilines is 1. The lowest BCUT2D eigenvalue weighted by atomic mass is 10.3. The molecule has 2 aromatic rings. The van der Waals surface area contributed by atoms with Crippen molar-refractivity contribution in [1.29, 1.82) is 0 Å². The average molecular weight is 370 g/mol. The van der Waals surface area contributed by atoms with Crippen molar-refractivity contribution in [3.63, 3.8) is 0 Å². The van der Waals surface area contributed by atoms with Crippen LogP contribution in [0.3, 0.4) is 0 Å². The van der Waals surface area contributed by atoms with Crippen LogP contribution in [0.25, 0.3) is 0 Å². The molecule has 0 unspecified atom stereocenters. The maximum absolute atomic E-state index is 11.7. The zero-order valence-corrected chi connectivity index (χ0v) is 13.0. The molecular formula is C14H10BrClN2O3. The summed E-state index contributed by atoms with van der Waals surface area (Å²) in [5, 5.41) is 2.98. The molecule has 0 saturated heterocycles. The molecule has 1 aromatic heterocycles. The van der Waals surface area contributed by atoms with Crippen LogP contribution in [0.5, 0.6) is 0 Å². The van der Waals surface area contributed by atoms with Gasteiger partial charge in [0.1, 0.15) is 5.69 Å². The zero-order valence-electron chi connectivity index (χ0n) is 10.7. The summed E-state index contributed by atoms with van der Waals surface area (Å²) in [6.45, 7) is -0.403. The largest absolute Gasteiger partial charge is 0.451 e. The minimum absolute atomic E-state index is 0.0535. The molecule has 0 saturated carbocycles. The van der Waals surface area contributed by atoms with E-state index in [1.165, 1.54) is 18.3 Å². The minimum atomic E-state index is -0.707. The minimum Gasteiger partial charge on any atom is -0.451 e. The van der Waals surface area contributed by atoms with E-state index >= 15 is 0 Å². The topological polar surface area (TPSA) is 68.3 Å². The second kappa shape index (κ2) is 7.19. The van der Waals surface area contributed by atoms with Crippen LogP contribution in [0.2, 0.25) is 5.02 Å². The molecule has 0 spiro atoms. The van der Waals surface area contributed by atoms with Gasteiger partial charge in [0.25, 0.3) is 5.91 Å². The van der Waals surface area contributed by atoms with Crippen LogP contribution in [-0.2, 0) is 9.53 Å². The summed E-state index contributed by atoms with van der Waals surface area (Å²) in [6, 6.07) is 9.98. The van der Waals surface area contributed by atoms with Crippen LogP contribution in [0.1, 0.15) is 10.5 Å². The van der Waals surface area contributed by atoms with Gasteiger partial charge in [0.15, 0.2) is 6.61 Å². The number of ether oxygens (including phenoxy) is 1. The van der Waals surface area contributed by atoms with Gasteiger partial charge in [-0.1, -0.05) is 33.6 Å². The fraction of sp³-hybridized carbons (Fsp3) is 0.0714. The van der Waals surface area contributed by atoms with Crippen molar-refractivity contribution in [2.75, 3.05) is 11.9 Å². The van der Waals surface area contributed by atoms with E-state index < -0.39 is 18.5 Å². The molecule has 1 N–H and O–H groups in total. The van der Waals surface area contributed by atoms with E-state index in [1.807, 2.05) is 6.07 Å². The van der Waals surface area contributed by atoms with Crippen LogP contribution in [0, 0.1) is 0 Å². The van der Waals surface area contributed by atoms with E-state index in [0.29, 0.717) is 10.7 Å². The zero-order chi connectivity index (χ0) is 15.2. The molecular weight excluding hydrogens is 360 g/mol. The first kappa shape index (κ1) is 15.5. The monoisotopic (exact) mass is 368 g/mol. The maximum Gasteiger partial charge on any atom is 0.357 e. The lowest BCUT2D eigenvalue weighted by Crippen LogP contribution is -2.21. The van der Waals surface area contributed by atoms with Gasteiger partial charge in [-0.3, -0.25) is 4.79 Å². The average Bonchev–Trinajstić information content (AvgIpc) is 2.45. The summed E-state index contributed by atoms with van der Waals surface area (Å²) in [4.78, 5) is 27.2. The molecule has 0 radical (unpaired) electrons. The Labute approximate surface area is 134 Å². The number of aromatic nitrogens is 1. The predicted octanol–water partition coefficient (Wildman–Crippen LogP) is 3.29. The van der Waals surface area contributed by atoms with Crippen molar-refractivity contribution in [2.24, 2.45) is 0 Å².